The molecule has 4 aromatic rings. The molecule has 3 aromatic heterocycles. The van der Waals surface area contributed by atoms with Gasteiger partial charge in [-0.2, -0.15) is 0 Å². The lowest BCUT2D eigenvalue weighted by Crippen LogP contribution is -2.38. The highest BCUT2D eigenvalue weighted by molar-refractivity contribution is 6.09. The molecule has 0 bridgehead atoms. The van der Waals surface area contributed by atoms with E-state index in [9.17, 15) is 14.4 Å². The monoisotopic (exact) mass is 456 g/mol. The van der Waals surface area contributed by atoms with Gasteiger partial charge < -0.3 is 14.9 Å². The van der Waals surface area contributed by atoms with Crippen LogP contribution in [0, 0.1) is 20.8 Å². The lowest BCUT2D eigenvalue weighted by atomic mass is 9.98. The van der Waals surface area contributed by atoms with Gasteiger partial charge in [-0.3, -0.25) is 19.4 Å². The number of nitrogens with zero attached hydrogens (tertiary/aromatic N) is 2. The molecule has 0 atom stereocenters. The molecular weight excluding hydrogens is 428 g/mol. The van der Waals surface area contributed by atoms with Crippen LogP contribution in [0.1, 0.15) is 57.1 Å². The first-order valence-electron chi connectivity index (χ1n) is 11.2. The van der Waals surface area contributed by atoms with Crippen LogP contribution in [0.5, 0.6) is 0 Å². The maximum absolute atomic E-state index is 14.0. The normalized spacial score (nSPS) is 11.2. The zero-order valence-corrected chi connectivity index (χ0v) is 20.0. The van der Waals surface area contributed by atoms with Gasteiger partial charge in [0.1, 0.15) is 5.69 Å². The molecule has 7 nitrogen and oxygen atoms in total. The van der Waals surface area contributed by atoms with Crippen molar-refractivity contribution in [1.82, 2.24) is 19.9 Å². The van der Waals surface area contributed by atoms with Gasteiger partial charge >= 0.3 is 0 Å². The van der Waals surface area contributed by atoms with Crippen LogP contribution in [-0.2, 0) is 6.54 Å². The highest BCUT2D eigenvalue weighted by Gasteiger charge is 2.25. The van der Waals surface area contributed by atoms with Crippen LogP contribution in [0.3, 0.4) is 0 Å². The van der Waals surface area contributed by atoms with Crippen LogP contribution in [0.15, 0.2) is 47.5 Å². The van der Waals surface area contributed by atoms with Crippen molar-refractivity contribution in [3.63, 3.8) is 0 Å². The van der Waals surface area contributed by atoms with E-state index in [4.69, 9.17) is 0 Å². The number of nitrogens with one attached hydrogen (secondary N) is 2. The van der Waals surface area contributed by atoms with Crippen LogP contribution in [0.2, 0.25) is 0 Å². The molecule has 0 unspecified atom stereocenters. The Balaban J connectivity index is 1.83. The largest absolute Gasteiger partial charge is 0.361 e. The Kier molecular flexibility index (Phi) is 6.20. The van der Waals surface area contributed by atoms with Crippen LogP contribution in [0.25, 0.3) is 22.0 Å². The smallest absolute Gasteiger partial charge is 0.255 e. The fourth-order valence-corrected chi connectivity index (χ4v) is 4.31. The summed E-state index contributed by atoms with van der Waals surface area (Å²) in [6.07, 6.45) is 4.21. The second-order valence-electron chi connectivity index (χ2n) is 8.98. The van der Waals surface area contributed by atoms with Gasteiger partial charge in [-0.1, -0.05) is 6.07 Å². The molecule has 2 N–H and O–H groups in total. The lowest BCUT2D eigenvalue weighted by Gasteiger charge is -2.28. The molecule has 0 aliphatic carbocycles. The quantitative estimate of drug-likeness (QED) is 0.411. The van der Waals surface area contributed by atoms with Gasteiger partial charge in [0.05, 0.1) is 6.54 Å². The van der Waals surface area contributed by atoms with Crippen molar-refractivity contribution in [3.05, 3.63) is 86.7 Å². The van der Waals surface area contributed by atoms with E-state index in [0.717, 1.165) is 38.9 Å². The molecular formula is C27H28N4O3. The van der Waals surface area contributed by atoms with Crippen molar-refractivity contribution in [2.45, 2.75) is 47.2 Å². The number of aromatic nitrogens is 3. The summed E-state index contributed by atoms with van der Waals surface area (Å²) in [5.74, 6) is -0.151. The number of amides is 1. The Hall–Kier alpha value is -4.00. The van der Waals surface area contributed by atoms with Gasteiger partial charge in [-0.15, -0.1) is 0 Å². The van der Waals surface area contributed by atoms with Crippen molar-refractivity contribution in [1.29, 1.82) is 0 Å². The Morgan fingerprint density at radius 1 is 1.09 bits per heavy atom. The molecule has 7 heteroatoms. The summed E-state index contributed by atoms with van der Waals surface area (Å²) >= 11 is 0. The third-order valence-corrected chi connectivity index (χ3v) is 6.15. The van der Waals surface area contributed by atoms with E-state index in [1.807, 2.05) is 65.1 Å². The molecule has 4 rings (SSSR count). The Bertz CT molecular complexity index is 1450. The summed E-state index contributed by atoms with van der Waals surface area (Å²) < 4.78 is 0. The number of aryl methyl sites for hydroxylation is 3. The standard InChI is InChI=1S/C27H28N4O3/c1-15(2)31(13-23-16(3)8-18(5)30-26(23)33)27(34)22-9-20(10-24-25(22)17(4)11-29-24)19-6-7-21(14-32)28-12-19/h6-12,14-15,29H,13H2,1-5H3,(H,30,33). The predicted molar refractivity (Wildman–Crippen MR) is 133 cm³/mol. The Morgan fingerprint density at radius 3 is 2.47 bits per heavy atom. The number of carbonyl (C=O) groups excluding carboxylic acids is 2. The van der Waals surface area contributed by atoms with E-state index in [-0.39, 0.29) is 24.1 Å². The minimum Gasteiger partial charge on any atom is -0.361 e. The third-order valence-electron chi connectivity index (χ3n) is 6.15. The number of pyridine rings is 2. The van der Waals surface area contributed by atoms with Gasteiger partial charge in [0.2, 0.25) is 0 Å². The molecule has 34 heavy (non-hydrogen) atoms. The molecule has 0 spiro atoms. The Morgan fingerprint density at radius 2 is 1.85 bits per heavy atom. The number of hydrogen-bond acceptors (Lipinski definition) is 4. The van der Waals surface area contributed by atoms with E-state index >= 15 is 0 Å². The summed E-state index contributed by atoms with van der Waals surface area (Å²) in [6.45, 7) is 9.81. The maximum atomic E-state index is 14.0. The SMILES string of the molecule is Cc1cc(C)c(CN(C(=O)c2cc(-c3ccc(C=O)nc3)cc3[nH]cc(C)c23)C(C)C)c(=O)[nH]1. The summed E-state index contributed by atoms with van der Waals surface area (Å²) in [6, 6.07) is 9.11. The molecule has 0 saturated heterocycles. The van der Waals surface area contributed by atoms with Crippen molar-refractivity contribution in [2.75, 3.05) is 0 Å². The number of aromatic amines is 2. The first-order chi connectivity index (χ1) is 16.2. The fraction of sp³-hybridized carbons (Fsp3) is 0.259. The molecule has 174 valence electrons. The number of rotatable bonds is 6. The molecule has 1 aromatic carbocycles. The summed E-state index contributed by atoms with van der Waals surface area (Å²) in [4.78, 5) is 49.6. The number of hydrogen-bond donors (Lipinski definition) is 2. The number of fused-ring (bicyclic) bond motifs is 1. The van der Waals surface area contributed by atoms with Crippen LogP contribution < -0.4 is 5.56 Å². The third kappa shape index (κ3) is 4.29. The first-order valence-corrected chi connectivity index (χ1v) is 11.2. The van der Waals surface area contributed by atoms with Gasteiger partial charge in [-0.25, -0.2) is 0 Å². The minimum absolute atomic E-state index is 0.126. The minimum atomic E-state index is -0.172. The topological polar surface area (TPSA) is 98.9 Å². The molecule has 0 radical (unpaired) electrons. The van der Waals surface area contributed by atoms with Crippen LogP contribution in [0.4, 0.5) is 0 Å². The molecule has 0 saturated carbocycles. The van der Waals surface area contributed by atoms with E-state index in [1.165, 1.54) is 0 Å². The molecule has 3 heterocycles. The van der Waals surface area contributed by atoms with Crippen LogP contribution >= 0.6 is 0 Å². The van der Waals surface area contributed by atoms with E-state index in [0.29, 0.717) is 23.1 Å². The lowest BCUT2D eigenvalue weighted by molar-refractivity contribution is 0.0691. The van der Waals surface area contributed by atoms with Gasteiger partial charge in [0.15, 0.2) is 6.29 Å². The summed E-state index contributed by atoms with van der Waals surface area (Å²) in [5, 5.41) is 0.853. The van der Waals surface area contributed by atoms with Crippen molar-refractivity contribution in [2.24, 2.45) is 0 Å². The molecule has 0 aliphatic rings. The van der Waals surface area contributed by atoms with Gasteiger partial charge in [-0.05, 0) is 75.6 Å². The average molecular weight is 457 g/mol. The van der Waals surface area contributed by atoms with Crippen molar-refractivity contribution in [3.8, 4) is 11.1 Å². The zero-order valence-electron chi connectivity index (χ0n) is 20.0. The Labute approximate surface area is 197 Å². The molecule has 1 amide bonds. The molecule has 0 fully saturated rings. The molecule has 0 aliphatic heterocycles. The van der Waals surface area contributed by atoms with E-state index in [1.54, 1.807) is 17.2 Å². The second kappa shape index (κ2) is 9.09. The van der Waals surface area contributed by atoms with Crippen molar-refractivity contribution >= 4 is 23.1 Å². The highest BCUT2D eigenvalue weighted by Crippen LogP contribution is 2.31. The van der Waals surface area contributed by atoms with Crippen LogP contribution in [-0.4, -0.2) is 38.1 Å². The number of H-pyrrole nitrogens is 2. The van der Waals surface area contributed by atoms with E-state index < -0.39 is 0 Å². The first kappa shape index (κ1) is 23.2. The average Bonchev–Trinajstić information content (AvgIpc) is 3.18. The summed E-state index contributed by atoms with van der Waals surface area (Å²) in [5.41, 5.74) is 6.39. The van der Waals surface area contributed by atoms with Gasteiger partial charge in [0, 0.05) is 51.7 Å². The maximum Gasteiger partial charge on any atom is 0.255 e. The predicted octanol–water partition coefficient (Wildman–Crippen LogP) is 4.71. The second-order valence-corrected chi connectivity index (χ2v) is 8.98. The number of carbonyl (C=O) groups is 2. The fourth-order valence-electron chi connectivity index (χ4n) is 4.31. The summed E-state index contributed by atoms with van der Waals surface area (Å²) in [7, 11) is 0. The van der Waals surface area contributed by atoms with Gasteiger partial charge in [0.25, 0.3) is 11.5 Å². The zero-order chi connectivity index (χ0) is 24.6. The number of aldehydes is 1. The number of benzene rings is 1. The van der Waals surface area contributed by atoms with E-state index in [2.05, 4.69) is 15.0 Å². The van der Waals surface area contributed by atoms with Crippen molar-refractivity contribution < 1.29 is 9.59 Å². The highest BCUT2D eigenvalue weighted by atomic mass is 16.2.